The van der Waals surface area contributed by atoms with Gasteiger partial charge in [-0.3, -0.25) is 0 Å². The van der Waals surface area contributed by atoms with E-state index in [0.29, 0.717) is 12.2 Å². The summed E-state index contributed by atoms with van der Waals surface area (Å²) < 4.78 is 12.2. The van der Waals surface area contributed by atoms with Gasteiger partial charge in [0.1, 0.15) is 0 Å². The zero-order valence-electron chi connectivity index (χ0n) is 10.8. The molecule has 1 aromatic rings. The molecule has 0 aliphatic carbocycles. The van der Waals surface area contributed by atoms with Crippen LogP contribution < -0.4 is 5.32 Å². The second-order valence-electron chi connectivity index (χ2n) is 4.84. The van der Waals surface area contributed by atoms with Crippen LogP contribution in [0.2, 0.25) is 0 Å². The van der Waals surface area contributed by atoms with Crippen LogP contribution in [-0.2, 0) is 9.47 Å². The Balaban J connectivity index is 1.40. The smallest absolute Gasteiger partial charge is 0.206 e. The number of nitrogens with zero attached hydrogens (tertiary/aromatic N) is 2. The molecule has 106 valence electrons. The maximum Gasteiger partial charge on any atom is 0.206 e. The molecule has 19 heavy (non-hydrogen) atoms. The van der Waals surface area contributed by atoms with E-state index < -0.39 is 0 Å². The zero-order chi connectivity index (χ0) is 12.9. The highest BCUT2D eigenvalue weighted by atomic mass is 32.2. The van der Waals surface area contributed by atoms with Crippen LogP contribution in [0.3, 0.4) is 0 Å². The average molecular weight is 301 g/mol. The third-order valence-electron chi connectivity index (χ3n) is 3.33. The Morgan fingerprint density at radius 3 is 2.68 bits per heavy atom. The minimum Gasteiger partial charge on any atom is -0.377 e. The van der Waals surface area contributed by atoms with Gasteiger partial charge in [-0.1, -0.05) is 23.1 Å². The molecule has 1 N–H and O–H groups in total. The number of rotatable bonds is 6. The van der Waals surface area contributed by atoms with Crippen molar-refractivity contribution in [1.29, 1.82) is 0 Å². The van der Waals surface area contributed by atoms with E-state index in [-0.39, 0.29) is 0 Å². The van der Waals surface area contributed by atoms with Crippen molar-refractivity contribution in [3.05, 3.63) is 0 Å². The number of aromatic nitrogens is 2. The number of hydrogen-bond donors (Lipinski definition) is 1. The molecule has 0 bridgehead atoms. The van der Waals surface area contributed by atoms with Gasteiger partial charge in [0.25, 0.3) is 0 Å². The van der Waals surface area contributed by atoms with Crippen LogP contribution >= 0.6 is 23.1 Å². The topological polar surface area (TPSA) is 56.3 Å². The molecule has 2 aliphatic heterocycles. The lowest BCUT2D eigenvalue weighted by atomic mass is 10.2. The van der Waals surface area contributed by atoms with E-state index in [1.165, 1.54) is 19.3 Å². The lowest BCUT2D eigenvalue weighted by molar-refractivity contribution is 0.120. The van der Waals surface area contributed by atoms with Crippen LogP contribution in [0.4, 0.5) is 5.13 Å². The highest BCUT2D eigenvalue weighted by molar-refractivity contribution is 8.01. The first-order valence-corrected chi connectivity index (χ1v) is 8.64. The van der Waals surface area contributed by atoms with Crippen molar-refractivity contribution >= 4 is 28.2 Å². The van der Waals surface area contributed by atoms with Crippen molar-refractivity contribution in [2.75, 3.05) is 30.8 Å². The van der Waals surface area contributed by atoms with Gasteiger partial charge in [0, 0.05) is 25.5 Å². The molecule has 0 radical (unpaired) electrons. The van der Waals surface area contributed by atoms with Crippen molar-refractivity contribution in [3.8, 4) is 0 Å². The molecule has 5 nitrogen and oxygen atoms in total. The van der Waals surface area contributed by atoms with Gasteiger partial charge in [0.2, 0.25) is 5.13 Å². The normalized spacial score (nSPS) is 26.9. The van der Waals surface area contributed by atoms with Crippen molar-refractivity contribution in [1.82, 2.24) is 10.2 Å². The summed E-state index contributed by atoms with van der Waals surface area (Å²) in [6.07, 6.45) is 5.42. The Kier molecular flexibility index (Phi) is 4.92. The third-order valence-corrected chi connectivity index (χ3v) is 5.47. The fraction of sp³-hybridized carbons (Fsp3) is 0.833. The highest BCUT2D eigenvalue weighted by Crippen LogP contribution is 2.28. The Bertz CT molecular complexity index is 356. The van der Waals surface area contributed by atoms with Gasteiger partial charge in [-0.05, 0) is 25.7 Å². The molecule has 2 aliphatic rings. The van der Waals surface area contributed by atoms with Crippen molar-refractivity contribution in [2.24, 2.45) is 0 Å². The quantitative estimate of drug-likeness (QED) is 0.814. The summed E-state index contributed by atoms with van der Waals surface area (Å²) in [4.78, 5) is 0. The molecule has 2 unspecified atom stereocenters. The fourth-order valence-electron chi connectivity index (χ4n) is 2.29. The van der Waals surface area contributed by atoms with E-state index in [2.05, 4.69) is 15.5 Å². The first-order valence-electron chi connectivity index (χ1n) is 6.83. The Hall–Kier alpha value is -0.370. The van der Waals surface area contributed by atoms with Gasteiger partial charge < -0.3 is 14.8 Å². The molecular formula is C12H19N3O2S2. The van der Waals surface area contributed by atoms with Crippen molar-refractivity contribution in [2.45, 2.75) is 42.2 Å². The van der Waals surface area contributed by atoms with Gasteiger partial charge in [-0.15, -0.1) is 10.2 Å². The second kappa shape index (κ2) is 6.88. The Morgan fingerprint density at radius 2 is 1.95 bits per heavy atom. The van der Waals surface area contributed by atoms with Crippen LogP contribution in [0, 0.1) is 0 Å². The van der Waals surface area contributed by atoms with Gasteiger partial charge in [0.15, 0.2) is 4.34 Å². The van der Waals surface area contributed by atoms with Crippen LogP contribution in [0.5, 0.6) is 0 Å². The number of anilines is 1. The summed E-state index contributed by atoms with van der Waals surface area (Å²) in [5.41, 5.74) is 0. The van der Waals surface area contributed by atoms with E-state index >= 15 is 0 Å². The van der Waals surface area contributed by atoms with E-state index in [1.54, 1.807) is 23.1 Å². The third kappa shape index (κ3) is 4.05. The molecule has 1 aromatic heterocycles. The van der Waals surface area contributed by atoms with Gasteiger partial charge in [-0.2, -0.15) is 0 Å². The minimum absolute atomic E-state index is 0.340. The molecule has 7 heteroatoms. The van der Waals surface area contributed by atoms with Crippen LogP contribution in [0.25, 0.3) is 0 Å². The number of nitrogens with one attached hydrogen (secondary N) is 1. The molecule has 0 amide bonds. The molecule has 2 fully saturated rings. The zero-order valence-corrected chi connectivity index (χ0v) is 12.5. The van der Waals surface area contributed by atoms with E-state index in [0.717, 1.165) is 41.4 Å². The number of thioether (sulfide) groups is 1. The maximum atomic E-state index is 5.60. The summed E-state index contributed by atoms with van der Waals surface area (Å²) >= 11 is 3.36. The molecule has 3 rings (SSSR count). The molecule has 2 atom stereocenters. The van der Waals surface area contributed by atoms with E-state index in [1.807, 2.05) is 0 Å². The first-order chi connectivity index (χ1) is 9.40. The van der Waals surface area contributed by atoms with Crippen molar-refractivity contribution in [3.63, 3.8) is 0 Å². The standard InChI is InChI=1S/C12H19N3O2S2/c1-3-9(16-5-1)7-13-11-14-15-12(19-11)18-8-10-4-2-6-17-10/h9-10H,1-8H2,(H,13,14). The molecular weight excluding hydrogens is 282 g/mol. The predicted octanol–water partition coefficient (Wildman–Crippen LogP) is 2.40. The molecule has 0 saturated carbocycles. The predicted molar refractivity (Wildman–Crippen MR) is 77.1 cm³/mol. The summed E-state index contributed by atoms with van der Waals surface area (Å²) in [6.45, 7) is 2.64. The second-order valence-corrected chi connectivity index (χ2v) is 7.08. The Morgan fingerprint density at radius 1 is 1.16 bits per heavy atom. The lowest BCUT2D eigenvalue weighted by Crippen LogP contribution is -2.18. The van der Waals surface area contributed by atoms with Gasteiger partial charge in [-0.25, -0.2) is 0 Å². The summed E-state index contributed by atoms with van der Waals surface area (Å²) in [5.74, 6) is 0.986. The minimum atomic E-state index is 0.340. The van der Waals surface area contributed by atoms with Crippen LogP contribution in [-0.4, -0.2) is 47.9 Å². The monoisotopic (exact) mass is 301 g/mol. The van der Waals surface area contributed by atoms with Crippen molar-refractivity contribution < 1.29 is 9.47 Å². The number of ether oxygens (including phenoxy) is 2. The lowest BCUT2D eigenvalue weighted by Gasteiger charge is -2.08. The number of hydrogen-bond acceptors (Lipinski definition) is 7. The van der Waals surface area contributed by atoms with E-state index in [9.17, 15) is 0 Å². The van der Waals surface area contributed by atoms with Gasteiger partial charge in [0.05, 0.1) is 12.2 Å². The van der Waals surface area contributed by atoms with Crippen LogP contribution in [0.1, 0.15) is 25.7 Å². The first kappa shape index (κ1) is 13.6. The van der Waals surface area contributed by atoms with Gasteiger partial charge >= 0.3 is 0 Å². The summed E-state index contributed by atoms with van der Waals surface area (Å²) in [5, 5.41) is 12.6. The average Bonchev–Trinajstić information content (AvgIpc) is 3.16. The molecule has 0 aromatic carbocycles. The summed E-state index contributed by atoms with van der Waals surface area (Å²) in [7, 11) is 0. The largest absolute Gasteiger partial charge is 0.377 e. The van der Waals surface area contributed by atoms with E-state index in [4.69, 9.17) is 9.47 Å². The summed E-state index contributed by atoms with van der Waals surface area (Å²) in [6, 6.07) is 0. The Labute approximate surface area is 121 Å². The molecule has 3 heterocycles. The fourth-order valence-corrected chi connectivity index (χ4v) is 4.14. The van der Waals surface area contributed by atoms with Crippen LogP contribution in [0.15, 0.2) is 4.34 Å². The SMILES string of the molecule is C1COC(CNc2nnc(SCC3CCCO3)s2)C1. The molecule has 2 saturated heterocycles. The molecule has 0 spiro atoms. The highest BCUT2D eigenvalue weighted by Gasteiger charge is 2.18. The maximum absolute atomic E-state index is 5.60.